The summed E-state index contributed by atoms with van der Waals surface area (Å²) in [6.45, 7) is 1.91. The first kappa shape index (κ1) is 12.0. The van der Waals surface area contributed by atoms with Gasteiger partial charge in [0.15, 0.2) is 6.29 Å². The standard InChI is InChI=1S/C16H16N2O/c1-12-10-14(11-19)18-15(17-12)16(8-5-9-16)13-6-3-2-4-7-13/h2-4,6-7,10-11H,5,8-9H2,1H3. The number of hydrogen-bond acceptors (Lipinski definition) is 3. The number of aldehydes is 1. The van der Waals surface area contributed by atoms with Crippen molar-refractivity contribution in [2.24, 2.45) is 0 Å². The van der Waals surface area contributed by atoms with E-state index in [1.807, 2.05) is 25.1 Å². The number of carbonyl (C=O) groups excluding carboxylic acids is 1. The fraction of sp³-hybridized carbons (Fsp3) is 0.312. The number of aryl methyl sites for hydroxylation is 1. The van der Waals surface area contributed by atoms with E-state index in [1.54, 1.807) is 6.07 Å². The van der Waals surface area contributed by atoms with Gasteiger partial charge in [0.1, 0.15) is 11.5 Å². The third-order valence-electron chi connectivity index (χ3n) is 3.96. The Labute approximate surface area is 112 Å². The van der Waals surface area contributed by atoms with Gasteiger partial charge in [0.25, 0.3) is 0 Å². The van der Waals surface area contributed by atoms with Crippen LogP contribution in [0.15, 0.2) is 36.4 Å². The zero-order valence-electron chi connectivity index (χ0n) is 11.0. The Balaban J connectivity index is 2.13. The Hall–Kier alpha value is -2.03. The van der Waals surface area contributed by atoms with Crippen LogP contribution in [0.4, 0.5) is 0 Å². The molecule has 1 aromatic carbocycles. The summed E-state index contributed by atoms with van der Waals surface area (Å²) in [6, 6.07) is 12.1. The van der Waals surface area contributed by atoms with E-state index in [2.05, 4.69) is 22.1 Å². The van der Waals surface area contributed by atoms with Crippen LogP contribution < -0.4 is 0 Å². The van der Waals surface area contributed by atoms with Crippen molar-refractivity contribution in [3.05, 3.63) is 59.2 Å². The van der Waals surface area contributed by atoms with Crippen LogP contribution in [-0.4, -0.2) is 16.3 Å². The van der Waals surface area contributed by atoms with Crippen molar-refractivity contribution in [2.45, 2.75) is 31.6 Å². The predicted molar refractivity (Wildman–Crippen MR) is 73.2 cm³/mol. The van der Waals surface area contributed by atoms with Gasteiger partial charge in [-0.1, -0.05) is 36.8 Å². The van der Waals surface area contributed by atoms with E-state index in [9.17, 15) is 4.79 Å². The summed E-state index contributed by atoms with van der Waals surface area (Å²) in [7, 11) is 0. The van der Waals surface area contributed by atoms with Crippen LogP contribution in [0.2, 0.25) is 0 Å². The third-order valence-corrected chi connectivity index (χ3v) is 3.96. The van der Waals surface area contributed by atoms with Gasteiger partial charge in [0.2, 0.25) is 0 Å². The van der Waals surface area contributed by atoms with Crippen molar-refractivity contribution in [1.82, 2.24) is 9.97 Å². The van der Waals surface area contributed by atoms with Crippen molar-refractivity contribution in [2.75, 3.05) is 0 Å². The van der Waals surface area contributed by atoms with E-state index in [0.29, 0.717) is 5.69 Å². The molecular weight excluding hydrogens is 236 g/mol. The third kappa shape index (κ3) is 1.95. The van der Waals surface area contributed by atoms with E-state index >= 15 is 0 Å². The predicted octanol–water partition coefficient (Wildman–Crippen LogP) is 3.07. The number of rotatable bonds is 3. The molecule has 0 radical (unpaired) electrons. The summed E-state index contributed by atoms with van der Waals surface area (Å²) in [6.07, 6.45) is 4.09. The van der Waals surface area contributed by atoms with Gasteiger partial charge in [-0.2, -0.15) is 0 Å². The monoisotopic (exact) mass is 252 g/mol. The average Bonchev–Trinajstić information content (AvgIpc) is 2.38. The first-order chi connectivity index (χ1) is 9.24. The van der Waals surface area contributed by atoms with Crippen molar-refractivity contribution in [3.8, 4) is 0 Å². The second-order valence-electron chi connectivity index (χ2n) is 5.18. The Morgan fingerprint density at radius 3 is 2.47 bits per heavy atom. The molecule has 96 valence electrons. The van der Waals surface area contributed by atoms with Gasteiger partial charge in [-0.25, -0.2) is 9.97 Å². The molecular formula is C16H16N2O. The lowest BCUT2D eigenvalue weighted by Crippen LogP contribution is -2.37. The van der Waals surface area contributed by atoms with Crippen molar-refractivity contribution in [3.63, 3.8) is 0 Å². The van der Waals surface area contributed by atoms with Crippen LogP contribution in [0.3, 0.4) is 0 Å². The topological polar surface area (TPSA) is 42.9 Å². The normalized spacial score (nSPS) is 16.7. The van der Waals surface area contributed by atoms with Crippen LogP contribution in [0.25, 0.3) is 0 Å². The highest BCUT2D eigenvalue weighted by Crippen LogP contribution is 2.47. The summed E-state index contributed by atoms with van der Waals surface area (Å²) in [5.74, 6) is 0.798. The van der Waals surface area contributed by atoms with Gasteiger partial charge in [-0.15, -0.1) is 0 Å². The second-order valence-corrected chi connectivity index (χ2v) is 5.18. The van der Waals surface area contributed by atoms with Gasteiger partial charge >= 0.3 is 0 Å². The minimum Gasteiger partial charge on any atom is -0.296 e. The minimum atomic E-state index is -0.0922. The molecule has 0 aliphatic heterocycles. The Kier molecular flexibility index (Phi) is 2.90. The van der Waals surface area contributed by atoms with E-state index in [1.165, 1.54) is 12.0 Å². The first-order valence-corrected chi connectivity index (χ1v) is 6.61. The van der Waals surface area contributed by atoms with Crippen LogP contribution in [-0.2, 0) is 5.41 Å². The van der Waals surface area contributed by atoms with E-state index in [-0.39, 0.29) is 5.41 Å². The zero-order valence-corrected chi connectivity index (χ0v) is 11.0. The molecule has 0 unspecified atom stereocenters. The molecule has 3 nitrogen and oxygen atoms in total. The summed E-state index contributed by atoms with van der Waals surface area (Å²) < 4.78 is 0. The maximum Gasteiger partial charge on any atom is 0.168 e. The first-order valence-electron chi connectivity index (χ1n) is 6.61. The summed E-state index contributed by atoms with van der Waals surface area (Å²) in [5, 5.41) is 0. The highest BCUT2D eigenvalue weighted by atomic mass is 16.1. The van der Waals surface area contributed by atoms with E-state index < -0.39 is 0 Å². The average molecular weight is 252 g/mol. The number of hydrogen-bond donors (Lipinski definition) is 0. The van der Waals surface area contributed by atoms with Crippen molar-refractivity contribution < 1.29 is 4.79 Å². The highest BCUT2D eigenvalue weighted by Gasteiger charge is 2.43. The molecule has 0 atom stereocenters. The van der Waals surface area contributed by atoms with Crippen LogP contribution in [0, 0.1) is 6.92 Å². The Morgan fingerprint density at radius 2 is 1.89 bits per heavy atom. The number of aromatic nitrogens is 2. The lowest BCUT2D eigenvalue weighted by molar-refractivity contribution is 0.111. The Bertz CT molecular complexity index is 603. The Morgan fingerprint density at radius 1 is 1.16 bits per heavy atom. The van der Waals surface area contributed by atoms with E-state index in [0.717, 1.165) is 30.6 Å². The van der Waals surface area contributed by atoms with Crippen LogP contribution in [0.1, 0.15) is 46.8 Å². The number of benzene rings is 1. The van der Waals surface area contributed by atoms with Crippen molar-refractivity contribution >= 4 is 6.29 Å². The molecule has 3 heteroatoms. The van der Waals surface area contributed by atoms with Gasteiger partial charge in [-0.05, 0) is 31.4 Å². The van der Waals surface area contributed by atoms with Gasteiger partial charge in [0, 0.05) is 5.69 Å². The molecule has 1 aliphatic carbocycles. The molecule has 0 N–H and O–H groups in total. The molecule has 1 fully saturated rings. The lowest BCUT2D eigenvalue weighted by Gasteiger charge is -2.41. The highest BCUT2D eigenvalue weighted by molar-refractivity contribution is 5.71. The molecule has 1 aliphatic rings. The fourth-order valence-electron chi connectivity index (χ4n) is 2.80. The molecule has 2 aromatic rings. The quantitative estimate of drug-likeness (QED) is 0.788. The van der Waals surface area contributed by atoms with Gasteiger partial charge in [-0.3, -0.25) is 4.79 Å². The summed E-state index contributed by atoms with van der Waals surface area (Å²) >= 11 is 0. The molecule has 0 bridgehead atoms. The SMILES string of the molecule is Cc1cc(C=O)nc(C2(c3ccccc3)CCC2)n1. The number of carbonyl (C=O) groups is 1. The maximum atomic E-state index is 11.0. The van der Waals surface area contributed by atoms with Gasteiger partial charge < -0.3 is 0 Å². The number of nitrogens with zero attached hydrogens (tertiary/aromatic N) is 2. The molecule has 1 heterocycles. The van der Waals surface area contributed by atoms with Crippen LogP contribution >= 0.6 is 0 Å². The largest absolute Gasteiger partial charge is 0.296 e. The lowest BCUT2D eigenvalue weighted by atomic mass is 9.64. The molecule has 0 spiro atoms. The minimum absolute atomic E-state index is 0.0922. The smallest absolute Gasteiger partial charge is 0.168 e. The van der Waals surface area contributed by atoms with E-state index in [4.69, 9.17) is 0 Å². The zero-order chi connectivity index (χ0) is 13.3. The fourth-order valence-corrected chi connectivity index (χ4v) is 2.80. The molecule has 3 rings (SSSR count). The summed E-state index contributed by atoms with van der Waals surface area (Å²) in [4.78, 5) is 20.0. The summed E-state index contributed by atoms with van der Waals surface area (Å²) in [5.41, 5.74) is 2.49. The molecule has 0 saturated heterocycles. The molecule has 19 heavy (non-hydrogen) atoms. The van der Waals surface area contributed by atoms with Crippen molar-refractivity contribution in [1.29, 1.82) is 0 Å². The molecule has 1 saturated carbocycles. The molecule has 0 amide bonds. The van der Waals surface area contributed by atoms with Crippen LogP contribution in [0.5, 0.6) is 0 Å². The second kappa shape index (κ2) is 4.57. The molecule has 1 aromatic heterocycles. The van der Waals surface area contributed by atoms with Gasteiger partial charge in [0.05, 0.1) is 5.41 Å². The maximum absolute atomic E-state index is 11.0.